The van der Waals surface area contributed by atoms with Crippen molar-refractivity contribution in [1.29, 1.82) is 0 Å². The second-order valence-corrected chi connectivity index (χ2v) is 4.63. The lowest BCUT2D eigenvalue weighted by molar-refractivity contribution is -0.383. The van der Waals surface area contributed by atoms with Crippen LogP contribution in [0, 0.1) is 10.1 Å². The quantitative estimate of drug-likeness (QED) is 0.303. The molecule has 3 rings (SSSR count). The first-order chi connectivity index (χ1) is 9.61. The highest BCUT2D eigenvalue weighted by Crippen LogP contribution is 2.37. The molecule has 0 saturated carbocycles. The fourth-order valence-corrected chi connectivity index (χ4v) is 2.67. The van der Waals surface area contributed by atoms with Gasteiger partial charge in [0.25, 0.3) is 5.69 Å². The molecule has 0 aromatic heterocycles. The van der Waals surface area contributed by atoms with Crippen LogP contribution in [0.25, 0.3) is 21.5 Å². The van der Waals surface area contributed by atoms with Gasteiger partial charge in [0.1, 0.15) is 5.56 Å². The van der Waals surface area contributed by atoms with Crippen molar-refractivity contribution in [2.24, 2.45) is 0 Å². The van der Waals surface area contributed by atoms with Gasteiger partial charge < -0.3 is 0 Å². The van der Waals surface area contributed by atoms with E-state index in [4.69, 9.17) is 0 Å². The van der Waals surface area contributed by atoms with E-state index in [1.54, 1.807) is 24.3 Å². The van der Waals surface area contributed by atoms with Crippen molar-refractivity contribution in [2.45, 2.75) is 6.92 Å². The minimum atomic E-state index is -0.467. The summed E-state index contributed by atoms with van der Waals surface area (Å²) in [5.41, 5.74) is 0.0797. The van der Waals surface area contributed by atoms with E-state index in [2.05, 4.69) is 0 Å². The number of hydrogen-bond donors (Lipinski definition) is 0. The maximum Gasteiger partial charge on any atom is 0.288 e. The van der Waals surface area contributed by atoms with Crippen LogP contribution < -0.4 is 0 Å². The molecule has 4 heteroatoms. The summed E-state index contributed by atoms with van der Waals surface area (Å²) in [4.78, 5) is 22.9. The molecule has 0 heterocycles. The fraction of sp³-hybridized carbons (Fsp3) is 0.0625. The van der Waals surface area contributed by atoms with Crippen LogP contribution in [0.5, 0.6) is 0 Å². The number of nitro groups is 1. The second-order valence-electron chi connectivity index (χ2n) is 4.63. The summed E-state index contributed by atoms with van der Waals surface area (Å²) in [6.45, 7) is 1.36. The lowest BCUT2D eigenvalue weighted by Gasteiger charge is -2.09. The second kappa shape index (κ2) is 4.42. The molecule has 3 aromatic carbocycles. The molecule has 0 atom stereocenters. The van der Waals surface area contributed by atoms with Gasteiger partial charge in [0.2, 0.25) is 0 Å². The van der Waals surface area contributed by atoms with Crippen molar-refractivity contribution >= 4 is 33.0 Å². The van der Waals surface area contributed by atoms with Crippen molar-refractivity contribution in [3.8, 4) is 0 Å². The van der Waals surface area contributed by atoms with Crippen molar-refractivity contribution in [2.75, 3.05) is 0 Å². The molecule has 0 aliphatic carbocycles. The lowest BCUT2D eigenvalue weighted by Crippen LogP contribution is -2.02. The number of carbonyl (C=O) groups excluding carboxylic acids is 1. The third-order valence-corrected chi connectivity index (χ3v) is 3.44. The van der Waals surface area contributed by atoms with Crippen LogP contribution in [0.3, 0.4) is 0 Å². The topological polar surface area (TPSA) is 60.2 Å². The molecule has 20 heavy (non-hydrogen) atoms. The van der Waals surface area contributed by atoms with Crippen LogP contribution in [0.4, 0.5) is 5.69 Å². The van der Waals surface area contributed by atoms with Crippen LogP contribution in [-0.2, 0) is 0 Å². The Bertz CT molecular complexity index is 795. The number of fused-ring (bicyclic) bond motifs is 3. The summed E-state index contributed by atoms with van der Waals surface area (Å²) in [5, 5.41) is 14.2. The van der Waals surface area contributed by atoms with Gasteiger partial charge in [0.15, 0.2) is 5.78 Å². The van der Waals surface area contributed by atoms with Gasteiger partial charge in [-0.2, -0.15) is 0 Å². The zero-order valence-corrected chi connectivity index (χ0v) is 10.8. The molecular formula is C16H11NO3. The number of rotatable bonds is 2. The summed E-state index contributed by atoms with van der Waals surface area (Å²) in [6.07, 6.45) is 0. The molecule has 0 aliphatic heterocycles. The molecule has 0 aliphatic rings. The Morgan fingerprint density at radius 1 is 0.900 bits per heavy atom. The highest BCUT2D eigenvalue weighted by Gasteiger charge is 2.25. The maximum absolute atomic E-state index is 11.9. The number of benzene rings is 3. The van der Waals surface area contributed by atoms with Gasteiger partial charge >= 0.3 is 0 Å². The standard InChI is InChI=1S/C16H11NO3/c1-10(18)15-13-8-4-2-6-11(13)12-7-3-5-9-14(12)16(15)17(19)20/h2-9H,1H3. The Morgan fingerprint density at radius 2 is 1.35 bits per heavy atom. The summed E-state index contributed by atoms with van der Waals surface area (Å²) in [6, 6.07) is 14.4. The number of ketones is 1. The fourth-order valence-electron chi connectivity index (χ4n) is 2.67. The Hall–Kier alpha value is -2.75. The molecule has 0 unspecified atom stereocenters. The van der Waals surface area contributed by atoms with Crippen LogP contribution in [-0.4, -0.2) is 10.7 Å². The molecule has 0 spiro atoms. The summed E-state index contributed by atoms with van der Waals surface area (Å²) in [5.74, 6) is -0.293. The summed E-state index contributed by atoms with van der Waals surface area (Å²) in [7, 11) is 0. The minimum absolute atomic E-state index is 0.105. The zero-order valence-electron chi connectivity index (χ0n) is 10.8. The van der Waals surface area contributed by atoms with Crippen molar-refractivity contribution in [3.05, 3.63) is 64.2 Å². The van der Waals surface area contributed by atoms with Gasteiger partial charge in [-0.1, -0.05) is 42.5 Å². The normalized spacial score (nSPS) is 10.8. The van der Waals surface area contributed by atoms with Crippen LogP contribution in [0.15, 0.2) is 48.5 Å². The first kappa shape index (κ1) is 12.3. The SMILES string of the molecule is CC(=O)c1c([N+](=O)[O-])c2ccccc2c2ccccc12. The number of nitrogens with zero attached hydrogens (tertiary/aromatic N) is 1. The molecule has 0 saturated heterocycles. The molecule has 0 amide bonds. The number of Topliss-reactive ketones (excluding diaryl/α,β-unsaturated/α-hetero) is 1. The first-order valence-electron chi connectivity index (χ1n) is 6.20. The van der Waals surface area contributed by atoms with Gasteiger partial charge in [-0.3, -0.25) is 14.9 Å². The minimum Gasteiger partial charge on any atom is -0.294 e. The molecule has 0 radical (unpaired) electrons. The predicted molar refractivity (Wildman–Crippen MR) is 78.1 cm³/mol. The molecule has 98 valence electrons. The Kier molecular flexibility index (Phi) is 2.71. The third-order valence-electron chi connectivity index (χ3n) is 3.44. The monoisotopic (exact) mass is 265 g/mol. The van der Waals surface area contributed by atoms with Crippen molar-refractivity contribution in [3.63, 3.8) is 0 Å². The summed E-state index contributed by atoms with van der Waals surface area (Å²) < 4.78 is 0. The Balaban J connectivity index is 2.69. The maximum atomic E-state index is 11.9. The number of carbonyl (C=O) groups is 1. The molecule has 4 nitrogen and oxygen atoms in total. The van der Waals surface area contributed by atoms with E-state index in [-0.39, 0.29) is 17.0 Å². The van der Waals surface area contributed by atoms with E-state index < -0.39 is 4.92 Å². The number of hydrogen-bond acceptors (Lipinski definition) is 3. The molecule has 0 N–H and O–H groups in total. The molecule has 0 bridgehead atoms. The van der Waals surface area contributed by atoms with E-state index in [0.717, 1.165) is 10.8 Å². The van der Waals surface area contributed by atoms with E-state index in [0.29, 0.717) is 10.8 Å². The van der Waals surface area contributed by atoms with E-state index in [9.17, 15) is 14.9 Å². The zero-order chi connectivity index (χ0) is 14.3. The van der Waals surface area contributed by atoms with Gasteiger partial charge in [-0.25, -0.2) is 0 Å². The predicted octanol–water partition coefficient (Wildman–Crippen LogP) is 4.10. The average Bonchev–Trinajstić information content (AvgIpc) is 2.45. The van der Waals surface area contributed by atoms with Crippen molar-refractivity contribution in [1.82, 2.24) is 0 Å². The molecule has 3 aromatic rings. The van der Waals surface area contributed by atoms with Gasteiger partial charge in [0, 0.05) is 5.39 Å². The molecular weight excluding hydrogens is 254 g/mol. The van der Waals surface area contributed by atoms with E-state index in [1.807, 2.05) is 24.3 Å². The lowest BCUT2D eigenvalue weighted by atomic mass is 9.93. The Morgan fingerprint density at radius 3 is 1.85 bits per heavy atom. The van der Waals surface area contributed by atoms with E-state index in [1.165, 1.54) is 6.92 Å². The van der Waals surface area contributed by atoms with Crippen LogP contribution >= 0.6 is 0 Å². The van der Waals surface area contributed by atoms with E-state index >= 15 is 0 Å². The highest BCUT2D eigenvalue weighted by molar-refractivity contribution is 6.22. The third kappa shape index (κ3) is 1.66. The molecule has 0 fully saturated rings. The van der Waals surface area contributed by atoms with Crippen molar-refractivity contribution < 1.29 is 9.72 Å². The number of nitro benzene ring substituents is 1. The smallest absolute Gasteiger partial charge is 0.288 e. The largest absolute Gasteiger partial charge is 0.294 e. The van der Waals surface area contributed by atoms with Gasteiger partial charge in [-0.05, 0) is 23.8 Å². The van der Waals surface area contributed by atoms with Crippen LogP contribution in [0.1, 0.15) is 17.3 Å². The first-order valence-corrected chi connectivity index (χ1v) is 6.20. The highest BCUT2D eigenvalue weighted by atomic mass is 16.6. The average molecular weight is 265 g/mol. The van der Waals surface area contributed by atoms with Gasteiger partial charge in [0.05, 0.1) is 10.3 Å². The van der Waals surface area contributed by atoms with Crippen LogP contribution in [0.2, 0.25) is 0 Å². The Labute approximate surface area is 114 Å². The summed E-state index contributed by atoms with van der Waals surface area (Å²) >= 11 is 0. The van der Waals surface area contributed by atoms with Gasteiger partial charge in [-0.15, -0.1) is 0 Å².